The summed E-state index contributed by atoms with van der Waals surface area (Å²) in [5.41, 5.74) is 1.84. The number of piperazine rings is 1. The molecule has 2 saturated heterocycles. The van der Waals surface area contributed by atoms with Crippen LogP contribution in [0.25, 0.3) is 10.9 Å². The van der Waals surface area contributed by atoms with Gasteiger partial charge in [0.05, 0.1) is 34.9 Å². The summed E-state index contributed by atoms with van der Waals surface area (Å²) in [6.45, 7) is 7.53. The zero-order valence-corrected chi connectivity index (χ0v) is 15.7. The molecule has 2 aliphatic heterocycles. The van der Waals surface area contributed by atoms with Crippen molar-refractivity contribution in [1.82, 2.24) is 9.88 Å². The van der Waals surface area contributed by atoms with Crippen LogP contribution in [0.2, 0.25) is 0 Å². The highest BCUT2D eigenvalue weighted by atomic mass is 32.2. The van der Waals surface area contributed by atoms with Crippen LogP contribution in [-0.2, 0) is 14.8 Å². The number of aromatic nitrogens is 1. The Morgan fingerprint density at radius 2 is 1.92 bits per heavy atom. The van der Waals surface area contributed by atoms with Gasteiger partial charge in [0.2, 0.25) is 10.0 Å². The molecule has 0 saturated carbocycles. The Hall–Kier alpha value is -1.74. The number of nitrogens with two attached hydrogens (primary N) is 1. The monoisotopic (exact) mass is 376 g/mol. The Balaban J connectivity index is 1.63. The molecule has 0 atom stereocenters. The lowest BCUT2D eigenvalue weighted by atomic mass is 9.91. The van der Waals surface area contributed by atoms with Crippen molar-refractivity contribution in [2.24, 2.45) is 5.14 Å². The third-order valence-corrected chi connectivity index (χ3v) is 6.67. The Morgan fingerprint density at radius 1 is 1.19 bits per heavy atom. The number of hydrogen-bond acceptors (Lipinski definition) is 6. The Bertz CT molecular complexity index is 914. The minimum absolute atomic E-state index is 0.125. The topological polar surface area (TPSA) is 88.8 Å². The number of ether oxygens (including phenoxy) is 1. The minimum atomic E-state index is -3.78. The van der Waals surface area contributed by atoms with Crippen LogP contribution in [0.4, 0.5) is 5.69 Å². The lowest BCUT2D eigenvalue weighted by Gasteiger charge is -2.52. The number of hydrogen-bond donors (Lipinski definition) is 1. The summed E-state index contributed by atoms with van der Waals surface area (Å²) in [4.78, 5) is 9.38. The number of fused-ring (bicyclic) bond motifs is 1. The molecule has 0 spiro atoms. The molecule has 2 fully saturated rings. The Morgan fingerprint density at radius 3 is 2.50 bits per heavy atom. The summed E-state index contributed by atoms with van der Waals surface area (Å²) in [6.07, 6.45) is 2.79. The van der Waals surface area contributed by atoms with E-state index in [2.05, 4.69) is 21.7 Å². The maximum absolute atomic E-state index is 11.9. The van der Waals surface area contributed by atoms with Gasteiger partial charge in [0, 0.05) is 37.8 Å². The number of anilines is 1. The first-order valence-electron chi connectivity index (χ1n) is 8.93. The van der Waals surface area contributed by atoms with E-state index < -0.39 is 10.0 Å². The lowest BCUT2D eigenvalue weighted by Crippen LogP contribution is -2.66. The van der Waals surface area contributed by atoms with Crippen LogP contribution in [0.5, 0.6) is 0 Å². The second kappa shape index (κ2) is 6.45. The molecule has 8 heteroatoms. The van der Waals surface area contributed by atoms with E-state index in [9.17, 15) is 8.42 Å². The first-order chi connectivity index (χ1) is 12.4. The van der Waals surface area contributed by atoms with Crippen LogP contribution in [-0.4, -0.2) is 63.2 Å². The number of pyridine rings is 1. The summed E-state index contributed by atoms with van der Waals surface area (Å²) in [7, 11) is -3.78. The van der Waals surface area contributed by atoms with Crippen molar-refractivity contribution in [3.05, 3.63) is 30.5 Å². The summed E-state index contributed by atoms with van der Waals surface area (Å²) >= 11 is 0. The van der Waals surface area contributed by atoms with Crippen LogP contribution >= 0.6 is 0 Å². The largest absolute Gasteiger partial charge is 0.377 e. The Labute approximate surface area is 153 Å². The summed E-state index contributed by atoms with van der Waals surface area (Å²) < 4.78 is 29.2. The number of nitrogens with zero attached hydrogens (tertiary/aromatic N) is 3. The molecule has 2 aromatic rings. The highest BCUT2D eigenvalue weighted by Crippen LogP contribution is 2.33. The minimum Gasteiger partial charge on any atom is -0.377 e. The summed E-state index contributed by atoms with van der Waals surface area (Å²) in [5, 5.41) is 5.94. The number of rotatable bonds is 4. The highest BCUT2D eigenvalue weighted by Gasteiger charge is 2.43. The first-order valence-corrected chi connectivity index (χ1v) is 10.5. The zero-order valence-electron chi connectivity index (χ0n) is 14.9. The molecule has 7 nitrogen and oxygen atoms in total. The number of benzene rings is 1. The van der Waals surface area contributed by atoms with Gasteiger partial charge in [0.25, 0.3) is 0 Å². The highest BCUT2D eigenvalue weighted by molar-refractivity contribution is 7.89. The van der Waals surface area contributed by atoms with Crippen LogP contribution in [0.3, 0.4) is 0 Å². The van der Waals surface area contributed by atoms with Crippen molar-refractivity contribution in [1.29, 1.82) is 0 Å². The maximum atomic E-state index is 11.9. The van der Waals surface area contributed by atoms with Gasteiger partial charge in [-0.2, -0.15) is 0 Å². The van der Waals surface area contributed by atoms with E-state index in [1.54, 1.807) is 24.4 Å². The van der Waals surface area contributed by atoms with Crippen LogP contribution in [0.15, 0.2) is 35.4 Å². The lowest BCUT2D eigenvalue weighted by molar-refractivity contribution is -0.143. The van der Waals surface area contributed by atoms with E-state index in [0.717, 1.165) is 51.5 Å². The van der Waals surface area contributed by atoms with Crippen molar-refractivity contribution in [2.45, 2.75) is 23.8 Å². The van der Waals surface area contributed by atoms with Crippen molar-refractivity contribution >= 4 is 26.6 Å². The van der Waals surface area contributed by atoms with Gasteiger partial charge in [0.1, 0.15) is 0 Å². The van der Waals surface area contributed by atoms with E-state index >= 15 is 0 Å². The molecular weight excluding hydrogens is 352 g/mol. The molecule has 26 heavy (non-hydrogen) atoms. The number of primary sulfonamides is 1. The molecule has 140 valence electrons. The van der Waals surface area contributed by atoms with Crippen LogP contribution in [0.1, 0.15) is 13.3 Å². The maximum Gasteiger partial charge on any atom is 0.238 e. The quantitative estimate of drug-likeness (QED) is 0.862. The molecule has 2 aliphatic rings. The van der Waals surface area contributed by atoms with Gasteiger partial charge in [-0.05, 0) is 30.7 Å². The molecule has 1 aromatic heterocycles. The van der Waals surface area contributed by atoms with E-state index in [-0.39, 0.29) is 10.4 Å². The number of sulfonamides is 1. The average molecular weight is 376 g/mol. The predicted molar refractivity (Wildman–Crippen MR) is 101 cm³/mol. The van der Waals surface area contributed by atoms with E-state index in [1.165, 1.54) is 0 Å². The van der Waals surface area contributed by atoms with Crippen molar-refractivity contribution in [3.63, 3.8) is 0 Å². The molecule has 0 amide bonds. The molecular formula is C18H24N4O3S. The zero-order chi connectivity index (χ0) is 18.4. The van der Waals surface area contributed by atoms with Crippen LogP contribution < -0.4 is 10.0 Å². The normalized spacial score (nSPS) is 20.9. The molecule has 3 heterocycles. The molecule has 0 aliphatic carbocycles. The summed E-state index contributed by atoms with van der Waals surface area (Å²) in [6, 6.07) is 6.92. The third-order valence-electron chi connectivity index (χ3n) is 5.71. The van der Waals surface area contributed by atoms with E-state index in [4.69, 9.17) is 9.88 Å². The predicted octanol–water partition coefficient (Wildman–Crippen LogP) is 1.18. The summed E-state index contributed by atoms with van der Waals surface area (Å²) in [5.74, 6) is 0. The van der Waals surface area contributed by atoms with Crippen molar-refractivity contribution < 1.29 is 13.2 Å². The second-order valence-corrected chi connectivity index (χ2v) is 8.60. The Kier molecular flexibility index (Phi) is 4.38. The van der Waals surface area contributed by atoms with Gasteiger partial charge in [-0.25, -0.2) is 13.6 Å². The van der Waals surface area contributed by atoms with Gasteiger partial charge < -0.3 is 9.64 Å². The fourth-order valence-corrected chi connectivity index (χ4v) is 4.73. The molecule has 0 bridgehead atoms. The molecule has 0 unspecified atom stereocenters. The smallest absolute Gasteiger partial charge is 0.238 e. The van der Waals surface area contributed by atoms with Gasteiger partial charge >= 0.3 is 0 Å². The van der Waals surface area contributed by atoms with Gasteiger partial charge in [-0.1, -0.05) is 6.92 Å². The molecule has 1 aromatic carbocycles. The van der Waals surface area contributed by atoms with Crippen molar-refractivity contribution in [2.75, 3.05) is 44.3 Å². The van der Waals surface area contributed by atoms with Crippen LogP contribution in [0, 0.1) is 0 Å². The van der Waals surface area contributed by atoms with E-state index in [0.29, 0.717) is 10.9 Å². The fourth-order valence-electron chi connectivity index (χ4n) is 4.00. The fraction of sp³-hybridized carbons (Fsp3) is 0.500. The van der Waals surface area contributed by atoms with Crippen molar-refractivity contribution in [3.8, 4) is 0 Å². The average Bonchev–Trinajstić information content (AvgIpc) is 2.60. The first kappa shape index (κ1) is 17.7. The molecule has 0 radical (unpaired) electrons. The van der Waals surface area contributed by atoms with E-state index in [1.807, 2.05) is 6.07 Å². The second-order valence-electron chi connectivity index (χ2n) is 7.07. The molecule has 2 N–H and O–H groups in total. The van der Waals surface area contributed by atoms with Gasteiger partial charge in [0.15, 0.2) is 0 Å². The van der Waals surface area contributed by atoms with Gasteiger partial charge in [-0.3, -0.25) is 9.88 Å². The third kappa shape index (κ3) is 2.87. The standard InChI is InChI=1S/C18H24N4O3S/c1-2-18(12-25-13-18)22-10-8-21(9-11-22)15-5-6-16(26(19,23)24)14-4-3-7-20-17(14)15/h3-7H,2,8-13H2,1H3,(H2,19,23,24). The van der Waals surface area contributed by atoms with Gasteiger partial charge in [-0.15, -0.1) is 0 Å². The molecule has 4 rings (SSSR count). The SMILES string of the molecule is CCC1(N2CCN(c3ccc(S(N)(=O)=O)c4cccnc34)CC2)COC1.